The molecule has 0 aliphatic carbocycles. The molecule has 0 spiro atoms. The smallest absolute Gasteiger partial charge is 0.262 e. The molecule has 0 saturated carbocycles. The second-order valence-electron chi connectivity index (χ2n) is 6.80. The van der Waals surface area contributed by atoms with E-state index >= 15 is 0 Å². The number of halogens is 1. The van der Waals surface area contributed by atoms with Gasteiger partial charge in [-0.25, -0.2) is 0 Å². The summed E-state index contributed by atoms with van der Waals surface area (Å²) in [5.41, 5.74) is 4.20. The first-order valence-electron chi connectivity index (χ1n) is 9.07. The molecule has 2 aromatic rings. The molecular weight excluding hydrogens is 392 g/mol. The number of ether oxygens (including phenoxy) is 1. The van der Waals surface area contributed by atoms with E-state index < -0.39 is 0 Å². The Labute approximate surface area is 163 Å². The summed E-state index contributed by atoms with van der Waals surface area (Å²) in [6.45, 7) is 6.24. The molecule has 0 unspecified atom stereocenters. The minimum absolute atomic E-state index is 0.00557. The van der Waals surface area contributed by atoms with Crippen LogP contribution in [0.3, 0.4) is 0 Å². The topological polar surface area (TPSA) is 41.6 Å². The lowest BCUT2D eigenvalue weighted by Crippen LogP contribution is -2.29. The van der Waals surface area contributed by atoms with E-state index in [-0.39, 0.29) is 12.5 Å². The van der Waals surface area contributed by atoms with Gasteiger partial charge in [-0.15, -0.1) is 0 Å². The fourth-order valence-corrected chi connectivity index (χ4v) is 3.47. The summed E-state index contributed by atoms with van der Waals surface area (Å²) in [6, 6.07) is 11.9. The SMILES string of the molecule is Cc1cc(OCC(=O)Nc2ccc(N3CCCCC3)cc2)cc(C)c1Br. The van der Waals surface area contributed by atoms with Gasteiger partial charge in [-0.05, 0) is 80.6 Å². The first kappa shape index (κ1) is 18.8. The molecule has 0 aromatic heterocycles. The lowest BCUT2D eigenvalue weighted by molar-refractivity contribution is -0.118. The van der Waals surface area contributed by atoms with Gasteiger partial charge in [-0.2, -0.15) is 0 Å². The molecule has 0 atom stereocenters. The Kier molecular flexibility index (Phi) is 6.20. The average Bonchev–Trinajstić information content (AvgIpc) is 2.65. The molecule has 4 nitrogen and oxygen atoms in total. The second kappa shape index (κ2) is 8.58. The van der Waals surface area contributed by atoms with Gasteiger partial charge in [-0.1, -0.05) is 15.9 Å². The molecule has 1 heterocycles. The van der Waals surface area contributed by atoms with Gasteiger partial charge in [0.05, 0.1) is 0 Å². The summed E-state index contributed by atoms with van der Waals surface area (Å²) in [5.74, 6) is 0.549. The highest BCUT2D eigenvalue weighted by molar-refractivity contribution is 9.10. The number of anilines is 2. The number of hydrogen-bond acceptors (Lipinski definition) is 3. The number of rotatable bonds is 5. The molecule has 5 heteroatoms. The lowest BCUT2D eigenvalue weighted by Gasteiger charge is -2.28. The minimum atomic E-state index is -0.158. The number of hydrogen-bond donors (Lipinski definition) is 1. The molecular formula is C21H25BrN2O2. The largest absolute Gasteiger partial charge is 0.484 e. The van der Waals surface area contributed by atoms with Crippen molar-refractivity contribution in [3.8, 4) is 5.75 Å². The van der Waals surface area contributed by atoms with E-state index in [1.807, 2.05) is 38.1 Å². The van der Waals surface area contributed by atoms with E-state index in [2.05, 4.69) is 38.3 Å². The van der Waals surface area contributed by atoms with Gasteiger partial charge >= 0.3 is 0 Å². The Morgan fingerprint density at radius 2 is 1.69 bits per heavy atom. The molecule has 26 heavy (non-hydrogen) atoms. The quantitative estimate of drug-likeness (QED) is 0.738. The highest BCUT2D eigenvalue weighted by atomic mass is 79.9. The maximum Gasteiger partial charge on any atom is 0.262 e. The van der Waals surface area contributed by atoms with Gasteiger partial charge in [0.15, 0.2) is 6.61 Å². The van der Waals surface area contributed by atoms with Crippen molar-refractivity contribution in [1.82, 2.24) is 0 Å². The van der Waals surface area contributed by atoms with Crippen LogP contribution >= 0.6 is 15.9 Å². The van der Waals surface area contributed by atoms with Gasteiger partial charge in [0.1, 0.15) is 5.75 Å². The van der Waals surface area contributed by atoms with Crippen LogP contribution in [0.5, 0.6) is 5.75 Å². The van der Waals surface area contributed by atoms with E-state index in [9.17, 15) is 4.79 Å². The van der Waals surface area contributed by atoms with Gasteiger partial charge in [0, 0.05) is 28.9 Å². The molecule has 0 radical (unpaired) electrons. The third kappa shape index (κ3) is 4.79. The summed E-state index contributed by atoms with van der Waals surface area (Å²) >= 11 is 3.53. The van der Waals surface area contributed by atoms with Crippen molar-refractivity contribution < 1.29 is 9.53 Å². The first-order chi connectivity index (χ1) is 12.5. The van der Waals surface area contributed by atoms with Gasteiger partial charge in [0.2, 0.25) is 0 Å². The van der Waals surface area contributed by atoms with Crippen molar-refractivity contribution >= 4 is 33.2 Å². The van der Waals surface area contributed by atoms with Crippen LogP contribution < -0.4 is 15.0 Å². The molecule has 2 aromatic carbocycles. The van der Waals surface area contributed by atoms with Gasteiger partial charge < -0.3 is 15.0 Å². The van der Waals surface area contributed by atoms with Crippen molar-refractivity contribution in [3.05, 3.63) is 52.0 Å². The number of aryl methyl sites for hydroxylation is 2. The molecule has 1 N–H and O–H groups in total. The summed E-state index contributed by atoms with van der Waals surface area (Å²) < 4.78 is 6.71. The Balaban J connectivity index is 1.53. The van der Waals surface area contributed by atoms with Crippen LogP contribution in [0.1, 0.15) is 30.4 Å². The summed E-state index contributed by atoms with van der Waals surface area (Å²) in [4.78, 5) is 14.6. The Hall–Kier alpha value is -2.01. The third-order valence-corrected chi connectivity index (χ3v) is 5.90. The molecule has 1 aliphatic heterocycles. The van der Waals surface area contributed by atoms with Crippen LogP contribution in [0.2, 0.25) is 0 Å². The van der Waals surface area contributed by atoms with Crippen molar-refractivity contribution in [2.75, 3.05) is 29.9 Å². The van der Waals surface area contributed by atoms with Crippen molar-refractivity contribution in [1.29, 1.82) is 0 Å². The second-order valence-corrected chi connectivity index (χ2v) is 7.60. The number of benzene rings is 2. The fourth-order valence-electron chi connectivity index (χ4n) is 3.24. The normalized spacial score (nSPS) is 14.2. The molecule has 0 bridgehead atoms. The lowest BCUT2D eigenvalue weighted by atomic mass is 10.1. The van der Waals surface area contributed by atoms with Gasteiger partial charge in [-0.3, -0.25) is 4.79 Å². The zero-order valence-corrected chi connectivity index (χ0v) is 16.9. The first-order valence-corrected chi connectivity index (χ1v) is 9.86. The number of carbonyl (C=O) groups excluding carboxylic acids is 1. The van der Waals surface area contributed by atoms with Crippen molar-refractivity contribution in [3.63, 3.8) is 0 Å². The van der Waals surface area contributed by atoms with Crippen LogP contribution in [0.15, 0.2) is 40.9 Å². The van der Waals surface area contributed by atoms with E-state index in [4.69, 9.17) is 4.74 Å². The summed E-state index contributed by atoms with van der Waals surface area (Å²) in [7, 11) is 0. The standard InChI is InChI=1S/C21H25BrN2O2/c1-15-12-19(13-16(2)21(15)22)26-14-20(25)23-17-6-8-18(9-7-17)24-10-4-3-5-11-24/h6-9,12-13H,3-5,10-11,14H2,1-2H3,(H,23,25). The zero-order chi connectivity index (χ0) is 18.5. The van der Waals surface area contributed by atoms with Crippen LogP contribution in [0.4, 0.5) is 11.4 Å². The van der Waals surface area contributed by atoms with Gasteiger partial charge in [0.25, 0.3) is 5.91 Å². The predicted molar refractivity (Wildman–Crippen MR) is 110 cm³/mol. The Morgan fingerprint density at radius 1 is 1.08 bits per heavy atom. The highest BCUT2D eigenvalue weighted by Gasteiger charge is 2.11. The van der Waals surface area contributed by atoms with Crippen molar-refractivity contribution in [2.24, 2.45) is 0 Å². The molecule has 1 aliphatic rings. The van der Waals surface area contributed by atoms with Crippen LogP contribution in [0, 0.1) is 13.8 Å². The molecule has 1 saturated heterocycles. The fraction of sp³-hybridized carbons (Fsp3) is 0.381. The maximum absolute atomic E-state index is 12.2. The molecule has 3 rings (SSSR count). The number of carbonyl (C=O) groups is 1. The average molecular weight is 417 g/mol. The maximum atomic E-state index is 12.2. The van der Waals surface area contributed by atoms with Crippen LogP contribution in [-0.2, 0) is 4.79 Å². The summed E-state index contributed by atoms with van der Waals surface area (Å²) in [6.07, 6.45) is 3.83. The molecule has 1 amide bonds. The number of amides is 1. The highest BCUT2D eigenvalue weighted by Crippen LogP contribution is 2.26. The van der Waals surface area contributed by atoms with Crippen LogP contribution in [0.25, 0.3) is 0 Å². The molecule has 138 valence electrons. The van der Waals surface area contributed by atoms with E-state index in [1.54, 1.807) is 0 Å². The minimum Gasteiger partial charge on any atom is -0.484 e. The summed E-state index contributed by atoms with van der Waals surface area (Å²) in [5, 5.41) is 2.89. The van der Waals surface area contributed by atoms with E-state index in [0.717, 1.165) is 34.4 Å². The monoisotopic (exact) mass is 416 g/mol. The Bertz CT molecular complexity index is 745. The van der Waals surface area contributed by atoms with Crippen molar-refractivity contribution in [2.45, 2.75) is 33.1 Å². The zero-order valence-electron chi connectivity index (χ0n) is 15.3. The van der Waals surface area contributed by atoms with Crippen LogP contribution in [-0.4, -0.2) is 25.6 Å². The number of nitrogens with one attached hydrogen (secondary N) is 1. The third-order valence-electron chi connectivity index (χ3n) is 4.65. The Morgan fingerprint density at radius 3 is 2.31 bits per heavy atom. The van der Waals surface area contributed by atoms with E-state index in [1.165, 1.54) is 24.9 Å². The predicted octanol–water partition coefficient (Wildman–Crippen LogP) is 5.07. The van der Waals surface area contributed by atoms with E-state index in [0.29, 0.717) is 5.75 Å². The molecule has 1 fully saturated rings. The number of piperidine rings is 1. The number of nitrogens with zero attached hydrogens (tertiary/aromatic N) is 1.